The number of halogens is 1. The van der Waals surface area contributed by atoms with Crippen molar-refractivity contribution in [3.05, 3.63) is 65.1 Å². The number of hydrogen-bond acceptors (Lipinski definition) is 4. The number of aromatic nitrogens is 2. The van der Waals surface area contributed by atoms with Crippen LogP contribution < -0.4 is 4.74 Å². The van der Waals surface area contributed by atoms with Crippen molar-refractivity contribution in [3.63, 3.8) is 0 Å². The third-order valence-corrected chi connectivity index (χ3v) is 3.83. The first-order valence-corrected chi connectivity index (χ1v) is 8.14. The van der Waals surface area contributed by atoms with Gasteiger partial charge in [0, 0.05) is 11.1 Å². The van der Waals surface area contributed by atoms with Crippen LogP contribution in [0.3, 0.4) is 0 Å². The Labute approximate surface area is 151 Å². The summed E-state index contributed by atoms with van der Waals surface area (Å²) in [7, 11) is 4.00. The Bertz CT molecular complexity index is 873. The monoisotopic (exact) mass is 355 g/mol. The second-order valence-electron chi connectivity index (χ2n) is 5.91. The first-order chi connectivity index (χ1) is 12.0. The number of ether oxygens (including phenoxy) is 1. The fraction of sp³-hybridized carbons (Fsp3) is 0.158. The zero-order valence-corrected chi connectivity index (χ0v) is 14.7. The van der Waals surface area contributed by atoms with Crippen molar-refractivity contribution in [1.29, 1.82) is 0 Å². The minimum atomic E-state index is 0.435. The highest BCUT2D eigenvalue weighted by molar-refractivity contribution is 6.30. The molecular formula is C19H18ClN3O2. The number of aldehydes is 1. The van der Waals surface area contributed by atoms with Crippen LogP contribution in [0.4, 0.5) is 0 Å². The van der Waals surface area contributed by atoms with Crippen LogP contribution in [-0.2, 0) is 6.54 Å². The zero-order chi connectivity index (χ0) is 17.8. The van der Waals surface area contributed by atoms with Gasteiger partial charge in [-0.25, -0.2) is 4.98 Å². The summed E-state index contributed by atoms with van der Waals surface area (Å²) in [4.78, 5) is 20.8. The summed E-state index contributed by atoms with van der Waals surface area (Å²) in [5.41, 5.74) is 2.40. The largest absolute Gasteiger partial charge is 0.457 e. The molecule has 1 aromatic heterocycles. The summed E-state index contributed by atoms with van der Waals surface area (Å²) in [6.07, 6.45) is 2.56. The second-order valence-corrected chi connectivity index (χ2v) is 6.34. The summed E-state index contributed by atoms with van der Waals surface area (Å²) >= 11 is 5.97. The number of carbonyl (C=O) groups is 1. The summed E-state index contributed by atoms with van der Waals surface area (Å²) in [5, 5.41) is 0.517. The Morgan fingerprint density at radius 3 is 2.64 bits per heavy atom. The minimum Gasteiger partial charge on any atom is -0.457 e. The van der Waals surface area contributed by atoms with Crippen LogP contribution >= 0.6 is 11.6 Å². The standard InChI is InChI=1S/C19H18ClN3O2/c1-23(2)11-19-21-10-17(22-19)13-4-7-16(8-5-13)25-18-9-15(20)6-3-14(18)12-24/h3-10,12H,11H2,1-2H3,(H,21,22). The molecule has 1 N–H and O–H groups in total. The van der Waals surface area contributed by atoms with Crippen LogP contribution in [0.2, 0.25) is 5.02 Å². The summed E-state index contributed by atoms with van der Waals surface area (Å²) in [6.45, 7) is 0.754. The van der Waals surface area contributed by atoms with E-state index in [1.807, 2.05) is 44.6 Å². The number of rotatable bonds is 6. The number of aromatic amines is 1. The molecule has 5 nitrogen and oxygen atoms in total. The van der Waals surface area contributed by atoms with E-state index in [1.165, 1.54) is 0 Å². The van der Waals surface area contributed by atoms with Gasteiger partial charge in [0.05, 0.1) is 24.0 Å². The van der Waals surface area contributed by atoms with E-state index < -0.39 is 0 Å². The number of benzene rings is 2. The van der Waals surface area contributed by atoms with E-state index >= 15 is 0 Å². The highest BCUT2D eigenvalue weighted by atomic mass is 35.5. The molecule has 0 saturated carbocycles. The summed E-state index contributed by atoms with van der Waals surface area (Å²) in [5.74, 6) is 1.97. The summed E-state index contributed by atoms with van der Waals surface area (Å²) in [6, 6.07) is 12.5. The van der Waals surface area contributed by atoms with Crippen LogP contribution in [0.15, 0.2) is 48.7 Å². The molecule has 3 rings (SSSR count). The van der Waals surface area contributed by atoms with E-state index in [4.69, 9.17) is 16.3 Å². The third-order valence-electron chi connectivity index (χ3n) is 3.59. The molecule has 0 aliphatic rings. The van der Waals surface area contributed by atoms with Crippen LogP contribution in [0.25, 0.3) is 11.3 Å². The highest BCUT2D eigenvalue weighted by Gasteiger charge is 2.07. The number of carbonyl (C=O) groups excluding carboxylic acids is 1. The van der Waals surface area contributed by atoms with Gasteiger partial charge in [0.2, 0.25) is 0 Å². The second kappa shape index (κ2) is 7.51. The van der Waals surface area contributed by atoms with Crippen LogP contribution in [0.5, 0.6) is 11.5 Å². The molecule has 3 aromatic rings. The quantitative estimate of drug-likeness (QED) is 0.666. The lowest BCUT2D eigenvalue weighted by Crippen LogP contribution is -2.11. The molecule has 0 radical (unpaired) electrons. The molecule has 0 fully saturated rings. The highest BCUT2D eigenvalue weighted by Crippen LogP contribution is 2.29. The van der Waals surface area contributed by atoms with E-state index in [0.717, 1.165) is 29.9 Å². The number of H-pyrrole nitrogens is 1. The lowest BCUT2D eigenvalue weighted by Gasteiger charge is -2.09. The lowest BCUT2D eigenvalue weighted by molar-refractivity contribution is 0.112. The minimum absolute atomic E-state index is 0.435. The molecule has 25 heavy (non-hydrogen) atoms. The van der Waals surface area contributed by atoms with Crippen molar-refractivity contribution in [2.75, 3.05) is 14.1 Å². The molecule has 0 atom stereocenters. The predicted octanol–water partition coefficient (Wildman–Crippen LogP) is 4.40. The van der Waals surface area contributed by atoms with E-state index in [2.05, 4.69) is 14.9 Å². The number of nitrogens with one attached hydrogen (secondary N) is 1. The smallest absolute Gasteiger partial charge is 0.153 e. The molecule has 0 unspecified atom stereocenters. The predicted molar refractivity (Wildman–Crippen MR) is 98.3 cm³/mol. The first-order valence-electron chi connectivity index (χ1n) is 7.77. The first kappa shape index (κ1) is 17.2. The van der Waals surface area contributed by atoms with Crippen LogP contribution in [0, 0.1) is 0 Å². The lowest BCUT2D eigenvalue weighted by atomic mass is 10.1. The van der Waals surface area contributed by atoms with Gasteiger partial charge in [0.25, 0.3) is 0 Å². The molecule has 0 aliphatic heterocycles. The molecule has 6 heteroatoms. The fourth-order valence-electron chi connectivity index (χ4n) is 2.41. The molecule has 0 amide bonds. The van der Waals surface area contributed by atoms with Crippen molar-refractivity contribution in [2.45, 2.75) is 6.54 Å². The number of imidazole rings is 1. The molecule has 1 heterocycles. The van der Waals surface area contributed by atoms with Crippen molar-refractivity contribution in [2.24, 2.45) is 0 Å². The van der Waals surface area contributed by atoms with Gasteiger partial charge >= 0.3 is 0 Å². The number of nitrogens with zero attached hydrogens (tertiary/aromatic N) is 2. The van der Waals surface area contributed by atoms with Gasteiger partial charge in [0.1, 0.15) is 17.3 Å². The molecule has 0 aliphatic carbocycles. The Morgan fingerprint density at radius 2 is 1.96 bits per heavy atom. The van der Waals surface area contributed by atoms with Crippen molar-refractivity contribution in [3.8, 4) is 22.8 Å². The van der Waals surface area contributed by atoms with Gasteiger partial charge in [0.15, 0.2) is 6.29 Å². The van der Waals surface area contributed by atoms with E-state index in [-0.39, 0.29) is 0 Å². The van der Waals surface area contributed by atoms with Crippen molar-refractivity contribution < 1.29 is 9.53 Å². The zero-order valence-electron chi connectivity index (χ0n) is 14.0. The van der Waals surface area contributed by atoms with Crippen molar-refractivity contribution in [1.82, 2.24) is 14.9 Å². The van der Waals surface area contributed by atoms with E-state index in [9.17, 15) is 4.79 Å². The number of hydrogen-bond donors (Lipinski definition) is 1. The van der Waals surface area contributed by atoms with Gasteiger partial charge < -0.3 is 14.6 Å². The van der Waals surface area contributed by atoms with Crippen molar-refractivity contribution >= 4 is 17.9 Å². The Balaban J connectivity index is 1.77. The SMILES string of the molecule is CN(C)Cc1ncc(-c2ccc(Oc3cc(Cl)ccc3C=O)cc2)[nH]1. The molecule has 128 valence electrons. The van der Waals surface area contributed by atoms with Gasteiger partial charge in [-0.2, -0.15) is 0 Å². The van der Waals surface area contributed by atoms with Gasteiger partial charge in [-0.3, -0.25) is 4.79 Å². The maximum Gasteiger partial charge on any atom is 0.153 e. The molecule has 0 spiro atoms. The van der Waals surface area contributed by atoms with Gasteiger partial charge in [-0.15, -0.1) is 0 Å². The molecule has 2 aromatic carbocycles. The Morgan fingerprint density at radius 1 is 1.20 bits per heavy atom. The average molecular weight is 356 g/mol. The van der Waals surface area contributed by atoms with E-state index in [0.29, 0.717) is 22.1 Å². The van der Waals surface area contributed by atoms with Gasteiger partial charge in [-0.05, 0) is 56.1 Å². The molecular weight excluding hydrogens is 338 g/mol. The maximum absolute atomic E-state index is 11.1. The van der Waals surface area contributed by atoms with Gasteiger partial charge in [-0.1, -0.05) is 11.6 Å². The maximum atomic E-state index is 11.1. The summed E-state index contributed by atoms with van der Waals surface area (Å²) < 4.78 is 5.78. The fourth-order valence-corrected chi connectivity index (χ4v) is 2.57. The Hall–Kier alpha value is -2.63. The molecule has 0 bridgehead atoms. The molecule has 0 saturated heterocycles. The third kappa shape index (κ3) is 4.26. The van der Waals surface area contributed by atoms with Crippen LogP contribution in [-0.4, -0.2) is 35.2 Å². The normalized spacial score (nSPS) is 10.9. The van der Waals surface area contributed by atoms with E-state index in [1.54, 1.807) is 18.2 Å². The Kier molecular flexibility index (Phi) is 5.16. The topological polar surface area (TPSA) is 58.2 Å². The van der Waals surface area contributed by atoms with Crippen LogP contribution in [0.1, 0.15) is 16.2 Å². The average Bonchev–Trinajstić information content (AvgIpc) is 3.03.